The van der Waals surface area contributed by atoms with Crippen molar-refractivity contribution in [3.05, 3.63) is 53.5 Å². The predicted molar refractivity (Wildman–Crippen MR) is 75.7 cm³/mol. The van der Waals surface area contributed by atoms with E-state index in [1.807, 2.05) is 12.1 Å². The molecule has 2 aromatic rings. The predicted octanol–water partition coefficient (Wildman–Crippen LogP) is 2.83. The third-order valence-corrected chi connectivity index (χ3v) is 3.96. The lowest BCUT2D eigenvalue weighted by Gasteiger charge is -2.26. The van der Waals surface area contributed by atoms with Gasteiger partial charge in [0.15, 0.2) is 0 Å². The molecule has 4 nitrogen and oxygen atoms in total. The van der Waals surface area contributed by atoms with E-state index in [2.05, 4.69) is 22.1 Å². The van der Waals surface area contributed by atoms with Crippen LogP contribution in [0, 0.1) is 0 Å². The summed E-state index contributed by atoms with van der Waals surface area (Å²) in [6, 6.07) is 9.83. The van der Waals surface area contributed by atoms with Crippen LogP contribution < -0.4 is 4.74 Å². The summed E-state index contributed by atoms with van der Waals surface area (Å²) < 4.78 is 5.07. The molecule has 0 radical (unpaired) electrons. The number of aliphatic hydroxyl groups excluding tert-OH is 1. The number of aromatic nitrogens is 2. The summed E-state index contributed by atoms with van der Waals surface area (Å²) >= 11 is 0. The zero-order chi connectivity index (χ0) is 13.9. The Labute approximate surface area is 118 Å². The van der Waals surface area contributed by atoms with Gasteiger partial charge >= 0.3 is 0 Å². The second kappa shape index (κ2) is 5.59. The minimum atomic E-state index is -0.744. The van der Waals surface area contributed by atoms with Gasteiger partial charge in [-0.1, -0.05) is 30.7 Å². The molecule has 1 aliphatic rings. The van der Waals surface area contributed by atoms with E-state index in [4.69, 9.17) is 4.74 Å². The van der Waals surface area contributed by atoms with Crippen LogP contribution in [0.15, 0.2) is 36.7 Å². The topological polar surface area (TPSA) is 55.2 Å². The first-order chi connectivity index (χ1) is 9.78. The van der Waals surface area contributed by atoms with Gasteiger partial charge in [0.25, 0.3) is 0 Å². The van der Waals surface area contributed by atoms with Crippen molar-refractivity contribution in [2.24, 2.45) is 0 Å². The maximum absolute atomic E-state index is 10.5. The molecule has 1 N–H and O–H groups in total. The molecule has 0 amide bonds. The fourth-order valence-corrected chi connectivity index (χ4v) is 2.51. The second-order valence-electron chi connectivity index (χ2n) is 5.19. The van der Waals surface area contributed by atoms with Crippen molar-refractivity contribution >= 4 is 0 Å². The van der Waals surface area contributed by atoms with Crippen molar-refractivity contribution in [2.45, 2.75) is 31.3 Å². The highest BCUT2D eigenvalue weighted by atomic mass is 16.5. The van der Waals surface area contributed by atoms with Crippen LogP contribution in [-0.4, -0.2) is 22.2 Å². The minimum absolute atomic E-state index is 0.462. The first kappa shape index (κ1) is 13.1. The van der Waals surface area contributed by atoms with Gasteiger partial charge in [-0.25, -0.2) is 9.97 Å². The van der Waals surface area contributed by atoms with Crippen LogP contribution in [0.3, 0.4) is 0 Å². The smallest absolute Gasteiger partial charge is 0.216 e. The van der Waals surface area contributed by atoms with E-state index in [0.717, 1.165) is 5.56 Å². The van der Waals surface area contributed by atoms with E-state index in [0.29, 0.717) is 17.5 Å². The summed E-state index contributed by atoms with van der Waals surface area (Å²) in [5.41, 5.74) is 2.74. The fourth-order valence-electron chi connectivity index (χ4n) is 2.51. The number of rotatable bonds is 4. The van der Waals surface area contributed by atoms with E-state index in [-0.39, 0.29) is 0 Å². The van der Waals surface area contributed by atoms with Crippen molar-refractivity contribution in [2.75, 3.05) is 7.11 Å². The third kappa shape index (κ3) is 2.51. The summed E-state index contributed by atoms with van der Waals surface area (Å²) in [7, 11) is 1.55. The lowest BCUT2D eigenvalue weighted by Crippen LogP contribution is -2.10. The van der Waals surface area contributed by atoms with E-state index < -0.39 is 6.10 Å². The fraction of sp³-hybridized carbons (Fsp3) is 0.375. The molecule has 1 saturated carbocycles. The number of ether oxygens (including phenoxy) is 1. The molecule has 1 aromatic heterocycles. The van der Waals surface area contributed by atoms with Gasteiger partial charge in [-0.05, 0) is 29.9 Å². The summed E-state index contributed by atoms with van der Waals surface area (Å²) in [4.78, 5) is 8.09. The largest absolute Gasteiger partial charge is 0.481 e. The molecule has 1 aromatic carbocycles. The van der Waals surface area contributed by atoms with Gasteiger partial charge in [0.05, 0.1) is 12.8 Å². The van der Waals surface area contributed by atoms with Crippen LogP contribution in [0.4, 0.5) is 0 Å². The summed E-state index contributed by atoms with van der Waals surface area (Å²) in [5.74, 6) is 1.12. The van der Waals surface area contributed by atoms with Crippen molar-refractivity contribution in [3.63, 3.8) is 0 Å². The van der Waals surface area contributed by atoms with Gasteiger partial charge in [0.1, 0.15) is 12.4 Å². The number of aliphatic hydroxyl groups is 1. The van der Waals surface area contributed by atoms with Crippen LogP contribution in [-0.2, 0) is 0 Å². The Balaban J connectivity index is 1.87. The highest BCUT2D eigenvalue weighted by molar-refractivity contribution is 5.33. The van der Waals surface area contributed by atoms with E-state index in [9.17, 15) is 5.11 Å². The highest BCUT2D eigenvalue weighted by Gasteiger charge is 2.21. The monoisotopic (exact) mass is 270 g/mol. The number of hydrogen-bond acceptors (Lipinski definition) is 4. The van der Waals surface area contributed by atoms with Crippen molar-refractivity contribution < 1.29 is 9.84 Å². The zero-order valence-electron chi connectivity index (χ0n) is 11.5. The van der Waals surface area contributed by atoms with Crippen LogP contribution in [0.25, 0.3) is 0 Å². The Kier molecular flexibility index (Phi) is 3.65. The number of nitrogens with zero attached hydrogens (tertiary/aromatic N) is 2. The molecule has 0 aliphatic heterocycles. The number of hydrogen-bond donors (Lipinski definition) is 1. The molecular formula is C16H18N2O2. The molecule has 1 fully saturated rings. The number of methoxy groups -OCH3 is 1. The molecule has 4 heteroatoms. The van der Waals surface area contributed by atoms with Crippen LogP contribution >= 0.6 is 0 Å². The van der Waals surface area contributed by atoms with E-state index >= 15 is 0 Å². The van der Waals surface area contributed by atoms with Crippen LogP contribution in [0.1, 0.15) is 48.1 Å². The first-order valence-electron chi connectivity index (χ1n) is 6.92. The molecule has 0 saturated heterocycles. The maximum atomic E-state index is 10.5. The second-order valence-corrected chi connectivity index (χ2v) is 5.19. The average Bonchev–Trinajstić information content (AvgIpc) is 2.45. The summed E-state index contributed by atoms with van der Waals surface area (Å²) in [6.07, 6.45) is 4.47. The molecular weight excluding hydrogens is 252 g/mol. The van der Waals surface area contributed by atoms with Gasteiger partial charge in [-0.2, -0.15) is 0 Å². The molecule has 1 heterocycles. The Bertz CT molecular complexity index is 597. The quantitative estimate of drug-likeness (QED) is 0.928. The molecule has 1 aliphatic carbocycles. The van der Waals surface area contributed by atoms with Crippen molar-refractivity contribution in [1.82, 2.24) is 9.97 Å². The molecule has 1 unspecified atom stereocenters. The summed E-state index contributed by atoms with van der Waals surface area (Å²) in [6.45, 7) is 0. The van der Waals surface area contributed by atoms with Gasteiger partial charge < -0.3 is 9.84 Å². The van der Waals surface area contributed by atoms with Gasteiger partial charge in [0.2, 0.25) is 5.88 Å². The minimum Gasteiger partial charge on any atom is -0.481 e. The van der Waals surface area contributed by atoms with Gasteiger partial charge in [-0.15, -0.1) is 0 Å². The Hall–Kier alpha value is -1.94. The summed E-state index contributed by atoms with van der Waals surface area (Å²) in [5, 5.41) is 10.5. The van der Waals surface area contributed by atoms with Crippen molar-refractivity contribution in [3.8, 4) is 5.88 Å². The molecule has 104 valence electrons. The lowest BCUT2D eigenvalue weighted by atomic mass is 9.79. The number of benzene rings is 1. The Morgan fingerprint density at radius 2 is 2.10 bits per heavy atom. The van der Waals surface area contributed by atoms with Crippen LogP contribution in [0.2, 0.25) is 0 Å². The van der Waals surface area contributed by atoms with Gasteiger partial charge in [-0.3, -0.25) is 0 Å². The molecule has 3 rings (SSSR count). The molecule has 20 heavy (non-hydrogen) atoms. The first-order valence-corrected chi connectivity index (χ1v) is 6.92. The molecule has 0 bridgehead atoms. The SMILES string of the molecule is COc1cc(C(O)c2cccc(C3CCC3)c2)ncn1. The molecule has 0 spiro atoms. The van der Waals surface area contributed by atoms with Crippen LogP contribution in [0.5, 0.6) is 5.88 Å². The van der Waals surface area contributed by atoms with E-state index in [1.54, 1.807) is 13.2 Å². The standard InChI is InChI=1S/C16H18N2O2/c1-20-15-9-14(17-10-18-15)16(19)13-7-3-6-12(8-13)11-4-2-5-11/h3,6-11,16,19H,2,4-5H2,1H3. The lowest BCUT2D eigenvalue weighted by molar-refractivity contribution is 0.214. The third-order valence-electron chi connectivity index (χ3n) is 3.96. The normalized spacial score (nSPS) is 16.5. The Morgan fingerprint density at radius 1 is 1.25 bits per heavy atom. The van der Waals surface area contributed by atoms with Gasteiger partial charge in [0, 0.05) is 6.07 Å². The Morgan fingerprint density at radius 3 is 2.80 bits per heavy atom. The van der Waals surface area contributed by atoms with E-state index in [1.165, 1.54) is 31.2 Å². The molecule has 1 atom stereocenters. The highest BCUT2D eigenvalue weighted by Crippen LogP contribution is 2.37. The average molecular weight is 270 g/mol. The van der Waals surface area contributed by atoms with Crippen molar-refractivity contribution in [1.29, 1.82) is 0 Å². The maximum Gasteiger partial charge on any atom is 0.216 e. The zero-order valence-corrected chi connectivity index (χ0v) is 11.5.